The summed E-state index contributed by atoms with van der Waals surface area (Å²) in [5.41, 5.74) is 7.93. The molecule has 45 heavy (non-hydrogen) atoms. The van der Waals surface area contributed by atoms with Gasteiger partial charge in [0.2, 0.25) is 17.7 Å². The molecule has 4 amide bonds. The predicted molar refractivity (Wildman–Crippen MR) is 170 cm³/mol. The Morgan fingerprint density at radius 1 is 1.04 bits per heavy atom. The van der Waals surface area contributed by atoms with Gasteiger partial charge in [-0.3, -0.25) is 19.2 Å². The van der Waals surface area contributed by atoms with Gasteiger partial charge in [-0.25, -0.2) is 0 Å². The van der Waals surface area contributed by atoms with Crippen molar-refractivity contribution in [3.05, 3.63) is 118 Å². The van der Waals surface area contributed by atoms with Crippen LogP contribution in [0.1, 0.15) is 36.1 Å². The van der Waals surface area contributed by atoms with E-state index in [-0.39, 0.29) is 25.9 Å². The number of nitrogens with two attached hydrogens (primary N) is 1. The summed E-state index contributed by atoms with van der Waals surface area (Å²) < 4.78 is 0.618. The van der Waals surface area contributed by atoms with Crippen molar-refractivity contribution in [1.82, 2.24) is 15.1 Å². The first-order valence-electron chi connectivity index (χ1n) is 14.7. The van der Waals surface area contributed by atoms with Crippen LogP contribution in [-0.2, 0) is 32.0 Å². The first-order valence-corrected chi connectivity index (χ1v) is 15.1. The number of amides is 4. The third-order valence-electron chi connectivity index (χ3n) is 8.18. The summed E-state index contributed by atoms with van der Waals surface area (Å²) in [6.45, 7) is 1.68. The lowest BCUT2D eigenvalue weighted by Crippen LogP contribution is -2.53. The van der Waals surface area contributed by atoms with Crippen molar-refractivity contribution in [2.75, 3.05) is 13.1 Å². The van der Waals surface area contributed by atoms with E-state index in [9.17, 15) is 24.4 Å². The highest BCUT2D eigenvalue weighted by Crippen LogP contribution is 2.33. The Hall–Kier alpha value is -4.96. The fraction of sp³-hybridized carbons (Fsp3) is 0.265. The zero-order valence-corrected chi connectivity index (χ0v) is 25.5. The molecule has 5 rings (SSSR count). The summed E-state index contributed by atoms with van der Waals surface area (Å²) in [7, 11) is 0. The molecule has 1 unspecified atom stereocenters. The van der Waals surface area contributed by atoms with Crippen molar-refractivity contribution in [1.29, 1.82) is 0 Å². The molecule has 0 aliphatic carbocycles. The topological polar surface area (TPSA) is 140 Å². The lowest BCUT2D eigenvalue weighted by Gasteiger charge is -2.36. The van der Waals surface area contributed by atoms with Gasteiger partial charge >= 0.3 is 0 Å². The van der Waals surface area contributed by atoms with Crippen molar-refractivity contribution in [2.24, 2.45) is 5.73 Å². The number of primary amides is 1. The second kappa shape index (κ2) is 13.8. The molecule has 0 bridgehead atoms. The molecule has 1 aromatic heterocycles. The molecule has 0 saturated carbocycles. The molecule has 1 saturated heterocycles. The minimum Gasteiger partial charge on any atom is -0.619 e. The molecule has 1 aliphatic heterocycles. The first-order chi connectivity index (χ1) is 21.6. The summed E-state index contributed by atoms with van der Waals surface area (Å²) in [5.74, 6) is -1.98. The number of rotatable bonds is 9. The van der Waals surface area contributed by atoms with E-state index in [4.69, 9.17) is 17.3 Å². The van der Waals surface area contributed by atoms with Crippen LogP contribution in [0.2, 0.25) is 5.02 Å². The number of carbonyl (C=O) groups is 4. The number of carbonyl (C=O) groups excluding carboxylic acids is 4. The van der Waals surface area contributed by atoms with Gasteiger partial charge in [0, 0.05) is 36.2 Å². The lowest BCUT2D eigenvalue weighted by atomic mass is 9.96. The minimum atomic E-state index is -1.11. The maximum Gasteiger partial charge on any atom is 0.250 e. The number of fused-ring (bicyclic) bond motifs is 1. The largest absolute Gasteiger partial charge is 0.619 e. The number of aromatic nitrogens is 1. The molecule has 3 N–H and O–H groups in total. The average molecular weight is 628 g/mol. The molecule has 0 spiro atoms. The number of benzene rings is 3. The Kier molecular flexibility index (Phi) is 9.63. The molecular formula is C34H34ClN5O5. The molecule has 2 heterocycles. The number of hydrogen-bond acceptors (Lipinski definition) is 5. The molecule has 232 valence electrons. The Morgan fingerprint density at radius 2 is 1.76 bits per heavy atom. The molecule has 1 fully saturated rings. The third kappa shape index (κ3) is 7.24. The van der Waals surface area contributed by atoms with Crippen LogP contribution in [0.3, 0.4) is 0 Å². The van der Waals surface area contributed by atoms with E-state index >= 15 is 0 Å². The molecule has 0 radical (unpaired) electrons. The number of pyridine rings is 1. The standard InChI is InChI=1S/C34H34ClN5O5/c1-22-12-17-39(29(33(36)43)20-25-8-4-7-24-6-2-3-11-28(24)25)34(44)32(26-9-5-10-27(35)19-26)40(22)31(42)21-37-30(41)18-23-13-15-38(45)16-14-23/h2-11,13-16,19,22,29,32H,12,17-18,20-21H2,1H3,(H2,36,43)(H,37,41)/t22?,29-,32-/m1/s1. The molecule has 3 atom stereocenters. The van der Waals surface area contributed by atoms with Gasteiger partial charge in [0.15, 0.2) is 12.4 Å². The lowest BCUT2D eigenvalue weighted by molar-refractivity contribution is -0.605. The smallest absolute Gasteiger partial charge is 0.250 e. The van der Waals surface area contributed by atoms with Crippen LogP contribution in [0.4, 0.5) is 0 Å². The number of nitrogens with zero attached hydrogens (tertiary/aromatic N) is 3. The molecule has 3 aromatic carbocycles. The van der Waals surface area contributed by atoms with Gasteiger partial charge in [0.25, 0.3) is 5.91 Å². The van der Waals surface area contributed by atoms with Crippen molar-refractivity contribution < 1.29 is 23.9 Å². The SMILES string of the molecule is CC1CCN([C@H](Cc2cccc3ccccc23)C(N)=O)C(=O)[C@@H](c2cccc(Cl)c2)N1C(=O)CNC(=O)Cc1cc[n+]([O-])cc1. The van der Waals surface area contributed by atoms with Crippen molar-refractivity contribution in [3.8, 4) is 0 Å². The minimum absolute atomic E-state index is 0.0252. The summed E-state index contributed by atoms with van der Waals surface area (Å²) >= 11 is 6.34. The predicted octanol–water partition coefficient (Wildman–Crippen LogP) is 3.07. The Bertz CT molecular complexity index is 1720. The van der Waals surface area contributed by atoms with E-state index < -0.39 is 41.8 Å². The van der Waals surface area contributed by atoms with Gasteiger partial charge in [-0.2, -0.15) is 4.73 Å². The van der Waals surface area contributed by atoms with E-state index in [1.807, 2.05) is 49.4 Å². The molecule has 1 aliphatic rings. The third-order valence-corrected chi connectivity index (χ3v) is 8.42. The summed E-state index contributed by atoms with van der Waals surface area (Å²) in [6.07, 6.45) is 3.14. The highest BCUT2D eigenvalue weighted by atomic mass is 35.5. The van der Waals surface area contributed by atoms with Crippen molar-refractivity contribution >= 4 is 46.0 Å². The normalized spacial score (nSPS) is 17.5. The molecule has 4 aromatic rings. The monoisotopic (exact) mass is 627 g/mol. The number of halogens is 1. The van der Waals surface area contributed by atoms with Crippen LogP contribution < -0.4 is 15.8 Å². The number of nitrogens with one attached hydrogen (secondary N) is 1. The zero-order valence-electron chi connectivity index (χ0n) is 24.8. The molecule has 10 nitrogen and oxygen atoms in total. The summed E-state index contributed by atoms with van der Waals surface area (Å²) in [5, 5.41) is 16.3. The van der Waals surface area contributed by atoms with Crippen LogP contribution in [0.25, 0.3) is 10.8 Å². The van der Waals surface area contributed by atoms with E-state index in [1.54, 1.807) is 24.3 Å². The Morgan fingerprint density at radius 3 is 2.49 bits per heavy atom. The fourth-order valence-electron chi connectivity index (χ4n) is 5.90. The molecular weight excluding hydrogens is 594 g/mol. The van der Waals surface area contributed by atoms with Gasteiger partial charge in [0.05, 0.1) is 13.0 Å². The molecule has 11 heteroatoms. The highest BCUT2D eigenvalue weighted by molar-refractivity contribution is 6.30. The van der Waals surface area contributed by atoms with E-state index in [0.717, 1.165) is 16.3 Å². The van der Waals surface area contributed by atoms with Crippen LogP contribution in [0, 0.1) is 5.21 Å². The quantitative estimate of drug-likeness (QED) is 0.217. The Labute approximate surface area is 266 Å². The summed E-state index contributed by atoms with van der Waals surface area (Å²) in [4.78, 5) is 56.9. The van der Waals surface area contributed by atoms with Crippen LogP contribution in [-0.4, -0.2) is 58.6 Å². The zero-order chi connectivity index (χ0) is 32.1. The van der Waals surface area contributed by atoms with E-state index in [2.05, 4.69) is 5.32 Å². The van der Waals surface area contributed by atoms with E-state index in [0.29, 0.717) is 27.3 Å². The second-order valence-electron chi connectivity index (χ2n) is 11.2. The maximum absolute atomic E-state index is 14.5. The van der Waals surface area contributed by atoms with Gasteiger partial charge in [-0.15, -0.1) is 0 Å². The van der Waals surface area contributed by atoms with Crippen LogP contribution >= 0.6 is 11.6 Å². The van der Waals surface area contributed by atoms with Gasteiger partial charge in [-0.1, -0.05) is 66.2 Å². The van der Waals surface area contributed by atoms with Crippen molar-refractivity contribution in [2.45, 2.75) is 44.3 Å². The van der Waals surface area contributed by atoms with Crippen LogP contribution in [0.15, 0.2) is 91.3 Å². The van der Waals surface area contributed by atoms with Gasteiger partial charge < -0.3 is 26.1 Å². The van der Waals surface area contributed by atoms with E-state index in [1.165, 1.54) is 34.3 Å². The van der Waals surface area contributed by atoms with Gasteiger partial charge in [0.1, 0.15) is 12.1 Å². The van der Waals surface area contributed by atoms with Crippen molar-refractivity contribution in [3.63, 3.8) is 0 Å². The first kappa shape index (κ1) is 31.5. The Balaban J connectivity index is 1.43. The summed E-state index contributed by atoms with van der Waals surface area (Å²) in [6, 6.07) is 20.9. The maximum atomic E-state index is 14.5. The average Bonchev–Trinajstić information content (AvgIpc) is 3.15. The highest BCUT2D eigenvalue weighted by Gasteiger charge is 2.43. The number of hydrogen-bond donors (Lipinski definition) is 2. The van der Waals surface area contributed by atoms with Gasteiger partial charge in [-0.05, 0) is 52.9 Å². The second-order valence-corrected chi connectivity index (χ2v) is 11.6. The fourth-order valence-corrected chi connectivity index (χ4v) is 6.10. The van der Waals surface area contributed by atoms with Crippen LogP contribution in [0.5, 0.6) is 0 Å².